The third kappa shape index (κ3) is 2.96. The normalized spacial score (nSPS) is 49.1. The molecule has 5 N–H and O–H groups in total. The number of rotatable bonds is 2. The van der Waals surface area contributed by atoms with Crippen LogP contribution in [0.1, 0.15) is 90.7 Å². The van der Waals surface area contributed by atoms with Crippen molar-refractivity contribution < 1.29 is 5.11 Å². The van der Waals surface area contributed by atoms with Gasteiger partial charge in [-0.1, -0.05) is 34.1 Å². The zero-order valence-corrected chi connectivity index (χ0v) is 20.4. The van der Waals surface area contributed by atoms with Gasteiger partial charge in [0.2, 0.25) is 5.13 Å². The Labute approximate surface area is 191 Å². The molecule has 6 heteroatoms. The van der Waals surface area contributed by atoms with Gasteiger partial charge in [-0.05, 0) is 80.0 Å². The number of aromatic nitrogens is 1. The fourth-order valence-electron chi connectivity index (χ4n) is 8.89. The minimum atomic E-state index is -0.600. The van der Waals surface area contributed by atoms with Gasteiger partial charge >= 0.3 is 0 Å². The maximum atomic E-state index is 12.5. The molecule has 31 heavy (non-hydrogen) atoms. The van der Waals surface area contributed by atoms with Gasteiger partial charge in [0.15, 0.2) is 5.96 Å². The second kappa shape index (κ2) is 7.18. The summed E-state index contributed by atoms with van der Waals surface area (Å²) >= 11 is 1.50. The molecule has 0 radical (unpaired) electrons. The first-order valence-electron chi connectivity index (χ1n) is 12.4. The summed E-state index contributed by atoms with van der Waals surface area (Å²) < 4.78 is 0. The molecule has 5 rings (SSSR count). The summed E-state index contributed by atoms with van der Waals surface area (Å²) in [6.07, 6.45) is 9.72. The minimum absolute atomic E-state index is 0.0516. The van der Waals surface area contributed by atoms with E-state index in [0.717, 1.165) is 30.4 Å². The van der Waals surface area contributed by atoms with E-state index in [1.807, 2.05) is 0 Å². The molecule has 0 aromatic carbocycles. The third-order valence-electron chi connectivity index (χ3n) is 10.8. The lowest BCUT2D eigenvalue weighted by molar-refractivity contribution is -0.222. The molecule has 0 amide bonds. The van der Waals surface area contributed by atoms with E-state index < -0.39 is 5.60 Å². The zero-order valence-electron chi connectivity index (χ0n) is 19.6. The highest BCUT2D eigenvalue weighted by atomic mass is 32.1. The Bertz CT molecular complexity index is 881. The lowest BCUT2D eigenvalue weighted by Gasteiger charge is -2.65. The third-order valence-corrected chi connectivity index (χ3v) is 11.5. The first kappa shape index (κ1) is 21.7. The summed E-state index contributed by atoms with van der Waals surface area (Å²) in [7, 11) is 0. The maximum Gasteiger partial charge on any atom is 0.212 e. The van der Waals surface area contributed by atoms with Gasteiger partial charge in [-0.3, -0.25) is 0 Å². The first-order valence-corrected chi connectivity index (χ1v) is 13.2. The standard InChI is InChI=1S/C25H40N4OS/c1-14-7-9-23(3)16(11-14)5-6-17-19(23)12-15(2)24(4)18(8-10-25(17,24)30)20-13-31-22(28-20)29-21(26)27/h13-19,30H,5-12H2,1-4H3,(H4,26,27,28,29)/t14-,15+,16+,17?,18+,19?,23-,24+,25-/m0/s1. The van der Waals surface area contributed by atoms with E-state index in [1.165, 1.54) is 49.9 Å². The zero-order chi connectivity index (χ0) is 22.2. The summed E-state index contributed by atoms with van der Waals surface area (Å²) in [5.41, 5.74) is 11.9. The Kier molecular flexibility index (Phi) is 5.02. The van der Waals surface area contributed by atoms with Gasteiger partial charge in [0.25, 0.3) is 0 Å². The molecule has 0 spiro atoms. The van der Waals surface area contributed by atoms with Gasteiger partial charge in [0.05, 0.1) is 11.3 Å². The van der Waals surface area contributed by atoms with Crippen molar-refractivity contribution in [2.75, 3.05) is 0 Å². The van der Waals surface area contributed by atoms with Gasteiger partial charge in [0, 0.05) is 16.7 Å². The van der Waals surface area contributed by atoms with Crippen molar-refractivity contribution in [2.45, 2.75) is 90.6 Å². The number of nitrogens with zero attached hydrogens (tertiary/aromatic N) is 2. The number of nitrogens with two attached hydrogens (primary N) is 2. The molecule has 0 saturated heterocycles. The summed E-state index contributed by atoms with van der Waals surface area (Å²) in [4.78, 5) is 8.94. The van der Waals surface area contributed by atoms with Crippen LogP contribution in [0.15, 0.2) is 10.4 Å². The van der Waals surface area contributed by atoms with Gasteiger partial charge in [-0.2, -0.15) is 4.99 Å². The Morgan fingerprint density at radius 1 is 1.10 bits per heavy atom. The molecule has 4 aliphatic carbocycles. The van der Waals surface area contributed by atoms with Crippen LogP contribution in [0.4, 0.5) is 5.13 Å². The molecular weight excluding hydrogens is 404 g/mol. The molecule has 4 saturated carbocycles. The Hall–Kier alpha value is -1.14. The average molecular weight is 445 g/mol. The number of aliphatic imine (C=N–C) groups is 1. The van der Waals surface area contributed by atoms with Crippen molar-refractivity contribution in [2.24, 2.45) is 56.9 Å². The summed E-state index contributed by atoms with van der Waals surface area (Å²) in [5.74, 6) is 3.57. The van der Waals surface area contributed by atoms with Crippen LogP contribution in [0.5, 0.6) is 0 Å². The van der Waals surface area contributed by atoms with E-state index in [9.17, 15) is 5.11 Å². The SMILES string of the molecule is C[C@H]1CC[C@]2(C)C3C[C@@H](C)[C@]4(C)[C@@H](c5csc(N=C(N)N)n5)CC[C@]4(O)C3CC[C@@H]2C1. The molecule has 4 fully saturated rings. The van der Waals surface area contributed by atoms with Gasteiger partial charge in [-0.25, -0.2) is 4.98 Å². The molecule has 1 heterocycles. The van der Waals surface area contributed by atoms with Crippen LogP contribution in [-0.2, 0) is 0 Å². The van der Waals surface area contributed by atoms with Gasteiger partial charge < -0.3 is 16.6 Å². The number of hydrogen-bond acceptors (Lipinski definition) is 4. The number of guanidine groups is 1. The van der Waals surface area contributed by atoms with Crippen molar-refractivity contribution in [1.29, 1.82) is 0 Å². The fraction of sp³-hybridized carbons (Fsp3) is 0.840. The highest BCUT2D eigenvalue weighted by molar-refractivity contribution is 7.13. The predicted octanol–water partition coefficient (Wildman–Crippen LogP) is 5.17. The van der Waals surface area contributed by atoms with Crippen molar-refractivity contribution >= 4 is 22.4 Å². The lowest BCUT2D eigenvalue weighted by atomic mass is 9.41. The smallest absolute Gasteiger partial charge is 0.212 e. The number of fused-ring (bicyclic) bond motifs is 5. The second-order valence-corrected chi connectivity index (χ2v) is 12.7. The molecule has 5 nitrogen and oxygen atoms in total. The van der Waals surface area contributed by atoms with E-state index in [4.69, 9.17) is 16.5 Å². The topological polar surface area (TPSA) is 97.5 Å². The molecule has 9 atom stereocenters. The molecule has 2 unspecified atom stereocenters. The Morgan fingerprint density at radius 3 is 2.61 bits per heavy atom. The van der Waals surface area contributed by atoms with E-state index in [2.05, 4.69) is 38.1 Å². The number of aliphatic hydroxyl groups is 1. The van der Waals surface area contributed by atoms with Crippen molar-refractivity contribution in [3.63, 3.8) is 0 Å². The van der Waals surface area contributed by atoms with Crippen molar-refractivity contribution in [3.05, 3.63) is 11.1 Å². The molecule has 4 aliphatic rings. The molecule has 1 aromatic heterocycles. The van der Waals surface area contributed by atoms with Crippen molar-refractivity contribution in [3.8, 4) is 0 Å². The van der Waals surface area contributed by atoms with Crippen LogP contribution in [-0.4, -0.2) is 21.7 Å². The highest BCUT2D eigenvalue weighted by Crippen LogP contribution is 2.72. The van der Waals surface area contributed by atoms with Crippen LogP contribution < -0.4 is 11.5 Å². The van der Waals surface area contributed by atoms with Crippen LogP contribution in [0.2, 0.25) is 0 Å². The minimum Gasteiger partial charge on any atom is -0.389 e. The number of thiazole rings is 1. The van der Waals surface area contributed by atoms with Crippen LogP contribution in [0.3, 0.4) is 0 Å². The van der Waals surface area contributed by atoms with Crippen LogP contribution >= 0.6 is 11.3 Å². The first-order chi connectivity index (χ1) is 14.6. The molecule has 0 bridgehead atoms. The van der Waals surface area contributed by atoms with E-state index >= 15 is 0 Å². The van der Waals surface area contributed by atoms with Gasteiger partial charge in [-0.15, -0.1) is 11.3 Å². The summed E-state index contributed by atoms with van der Waals surface area (Å²) in [6.45, 7) is 9.78. The molecule has 172 valence electrons. The predicted molar refractivity (Wildman–Crippen MR) is 127 cm³/mol. The Morgan fingerprint density at radius 2 is 1.87 bits per heavy atom. The average Bonchev–Trinajstić information content (AvgIpc) is 3.26. The monoisotopic (exact) mass is 444 g/mol. The quantitative estimate of drug-likeness (QED) is 0.433. The summed E-state index contributed by atoms with van der Waals surface area (Å²) in [6, 6.07) is 0. The number of hydrogen-bond donors (Lipinski definition) is 3. The second-order valence-electron chi connectivity index (χ2n) is 11.9. The summed E-state index contributed by atoms with van der Waals surface area (Å²) in [5, 5.41) is 15.2. The highest BCUT2D eigenvalue weighted by Gasteiger charge is 2.69. The van der Waals surface area contributed by atoms with E-state index in [0.29, 0.717) is 28.3 Å². The fourth-order valence-corrected chi connectivity index (χ4v) is 9.65. The lowest BCUT2D eigenvalue weighted by Crippen LogP contribution is -2.64. The maximum absolute atomic E-state index is 12.5. The van der Waals surface area contributed by atoms with E-state index in [1.54, 1.807) is 0 Å². The molecule has 0 aliphatic heterocycles. The molecular formula is C25H40N4OS. The van der Waals surface area contributed by atoms with Crippen LogP contribution in [0, 0.1) is 40.4 Å². The largest absolute Gasteiger partial charge is 0.389 e. The van der Waals surface area contributed by atoms with Crippen LogP contribution in [0.25, 0.3) is 0 Å². The molecule has 1 aromatic rings. The van der Waals surface area contributed by atoms with Crippen molar-refractivity contribution in [1.82, 2.24) is 4.98 Å². The van der Waals surface area contributed by atoms with Gasteiger partial charge in [0.1, 0.15) is 0 Å². The Balaban J connectivity index is 1.49. The van der Waals surface area contributed by atoms with E-state index in [-0.39, 0.29) is 17.3 Å².